The van der Waals surface area contributed by atoms with Crippen molar-refractivity contribution >= 4 is 17.6 Å². The van der Waals surface area contributed by atoms with Gasteiger partial charge in [-0.2, -0.15) is 0 Å². The summed E-state index contributed by atoms with van der Waals surface area (Å²) >= 11 is 6.23. The van der Waals surface area contributed by atoms with Crippen LogP contribution in [0.5, 0.6) is 5.75 Å². The number of carboxylic acid groups (broad SMARTS) is 1. The van der Waals surface area contributed by atoms with E-state index in [2.05, 4.69) is 11.7 Å². The number of aromatic carboxylic acids is 1. The van der Waals surface area contributed by atoms with Crippen LogP contribution in [0.15, 0.2) is 40.9 Å². The molecule has 0 aliphatic rings. The first-order chi connectivity index (χ1) is 9.49. The molecule has 20 heavy (non-hydrogen) atoms. The van der Waals surface area contributed by atoms with Gasteiger partial charge in [0.15, 0.2) is 11.5 Å². The van der Waals surface area contributed by atoms with Crippen LogP contribution in [-0.2, 0) is 0 Å². The number of carbonyl (C=O) groups is 1. The van der Waals surface area contributed by atoms with Crippen LogP contribution in [0.4, 0.5) is 0 Å². The smallest absolute Gasteiger partial charge is 0.358 e. The third kappa shape index (κ3) is 3.00. The fourth-order valence-corrected chi connectivity index (χ4v) is 1.79. The van der Waals surface area contributed by atoms with Crippen LogP contribution in [0.1, 0.15) is 17.4 Å². The van der Waals surface area contributed by atoms with Gasteiger partial charge in [-0.1, -0.05) is 29.4 Å². The molecule has 0 spiro atoms. The fourth-order valence-electron chi connectivity index (χ4n) is 1.52. The summed E-state index contributed by atoms with van der Waals surface area (Å²) in [4.78, 5) is 10.8. The molecule has 6 heteroatoms. The molecule has 0 bridgehead atoms. The Hall–Kier alpha value is -2.27. The summed E-state index contributed by atoms with van der Waals surface area (Å²) in [5, 5.41) is 12.6. The normalized spacial score (nSPS) is 10.3. The average molecular weight is 294 g/mol. The third-order valence-corrected chi connectivity index (χ3v) is 2.82. The maximum Gasteiger partial charge on any atom is 0.358 e. The summed E-state index contributed by atoms with van der Waals surface area (Å²) in [6.07, 6.45) is 0. The zero-order chi connectivity index (χ0) is 14.7. The van der Waals surface area contributed by atoms with Gasteiger partial charge < -0.3 is 14.4 Å². The maximum absolute atomic E-state index is 10.8. The minimum atomic E-state index is -1.16. The molecule has 2 aromatic rings. The SMILES string of the molecule is C=C(C)COc1cccc(-c2cc(C(=O)O)no2)c1Cl. The predicted molar refractivity (Wildman–Crippen MR) is 74.2 cm³/mol. The summed E-state index contributed by atoms with van der Waals surface area (Å²) in [6, 6.07) is 6.45. The Labute approximate surface area is 120 Å². The van der Waals surface area contributed by atoms with Crippen molar-refractivity contribution in [2.24, 2.45) is 0 Å². The van der Waals surface area contributed by atoms with E-state index in [1.165, 1.54) is 6.07 Å². The fraction of sp³-hybridized carbons (Fsp3) is 0.143. The maximum atomic E-state index is 10.8. The first-order valence-electron chi connectivity index (χ1n) is 5.75. The average Bonchev–Trinajstić information content (AvgIpc) is 2.87. The third-order valence-electron chi connectivity index (χ3n) is 2.43. The number of halogens is 1. The Morgan fingerprint density at radius 3 is 2.90 bits per heavy atom. The largest absolute Gasteiger partial charge is 0.488 e. The zero-order valence-corrected chi connectivity index (χ0v) is 11.5. The molecule has 1 aromatic carbocycles. The molecule has 0 saturated heterocycles. The van der Waals surface area contributed by atoms with Crippen LogP contribution >= 0.6 is 11.6 Å². The standard InChI is InChI=1S/C14H12ClNO4/c1-8(2)7-19-11-5-3-4-9(13(11)15)12-6-10(14(17)18)16-20-12/h3-6H,1,7H2,2H3,(H,17,18). The lowest BCUT2D eigenvalue weighted by atomic mass is 10.1. The Bertz CT molecular complexity index is 663. The van der Waals surface area contributed by atoms with Crippen LogP contribution in [0.2, 0.25) is 5.02 Å². The van der Waals surface area contributed by atoms with Crippen LogP contribution in [0.3, 0.4) is 0 Å². The molecule has 0 radical (unpaired) electrons. The number of rotatable bonds is 5. The Morgan fingerprint density at radius 2 is 2.30 bits per heavy atom. The Balaban J connectivity index is 2.34. The molecular weight excluding hydrogens is 282 g/mol. The summed E-state index contributed by atoms with van der Waals surface area (Å²) in [6.45, 7) is 5.93. The minimum absolute atomic E-state index is 0.177. The van der Waals surface area contributed by atoms with Crippen molar-refractivity contribution in [1.82, 2.24) is 5.16 Å². The molecule has 0 fully saturated rings. The molecule has 104 valence electrons. The second kappa shape index (κ2) is 5.79. The van der Waals surface area contributed by atoms with Gasteiger partial charge in [-0.25, -0.2) is 4.79 Å². The lowest BCUT2D eigenvalue weighted by Gasteiger charge is -2.09. The van der Waals surface area contributed by atoms with Gasteiger partial charge in [0.2, 0.25) is 0 Å². The number of ether oxygens (including phenoxy) is 1. The van der Waals surface area contributed by atoms with Gasteiger partial charge in [-0.15, -0.1) is 0 Å². The highest BCUT2D eigenvalue weighted by Crippen LogP contribution is 2.35. The molecule has 0 amide bonds. The molecule has 0 aliphatic heterocycles. The van der Waals surface area contributed by atoms with Crippen molar-refractivity contribution in [3.05, 3.63) is 47.1 Å². The van der Waals surface area contributed by atoms with Gasteiger partial charge in [0.05, 0.1) is 5.02 Å². The molecule has 0 atom stereocenters. The van der Waals surface area contributed by atoms with Gasteiger partial charge in [-0.3, -0.25) is 0 Å². The second-order valence-corrected chi connectivity index (χ2v) is 4.62. The molecule has 1 heterocycles. The van der Waals surface area contributed by atoms with Crippen LogP contribution in [-0.4, -0.2) is 22.8 Å². The van der Waals surface area contributed by atoms with E-state index in [1.54, 1.807) is 18.2 Å². The van der Waals surface area contributed by atoms with E-state index < -0.39 is 5.97 Å². The van der Waals surface area contributed by atoms with E-state index in [1.807, 2.05) is 6.92 Å². The number of aromatic nitrogens is 1. The topological polar surface area (TPSA) is 72.6 Å². The quantitative estimate of drug-likeness (QED) is 0.852. The lowest BCUT2D eigenvalue weighted by Crippen LogP contribution is -1.98. The van der Waals surface area contributed by atoms with Crippen molar-refractivity contribution in [2.75, 3.05) is 6.61 Å². The highest BCUT2D eigenvalue weighted by atomic mass is 35.5. The molecule has 5 nitrogen and oxygen atoms in total. The minimum Gasteiger partial charge on any atom is -0.488 e. The van der Waals surface area contributed by atoms with E-state index in [-0.39, 0.29) is 11.5 Å². The monoisotopic (exact) mass is 293 g/mol. The summed E-state index contributed by atoms with van der Waals surface area (Å²) in [7, 11) is 0. The predicted octanol–water partition coefficient (Wildman–Crippen LogP) is 3.65. The van der Waals surface area contributed by atoms with Crippen LogP contribution in [0, 0.1) is 0 Å². The molecule has 0 unspecified atom stereocenters. The van der Waals surface area contributed by atoms with Crippen molar-refractivity contribution in [1.29, 1.82) is 0 Å². The number of hydrogen-bond donors (Lipinski definition) is 1. The highest BCUT2D eigenvalue weighted by Gasteiger charge is 2.16. The highest BCUT2D eigenvalue weighted by molar-refractivity contribution is 6.34. The molecule has 1 N–H and O–H groups in total. The van der Waals surface area contributed by atoms with E-state index in [0.717, 1.165) is 5.57 Å². The Kier molecular flexibility index (Phi) is 4.10. The molecule has 0 aliphatic carbocycles. The lowest BCUT2D eigenvalue weighted by molar-refractivity contribution is 0.0686. The van der Waals surface area contributed by atoms with Crippen molar-refractivity contribution < 1.29 is 19.2 Å². The van der Waals surface area contributed by atoms with E-state index in [9.17, 15) is 4.79 Å². The van der Waals surface area contributed by atoms with Crippen molar-refractivity contribution in [3.8, 4) is 17.1 Å². The summed E-state index contributed by atoms with van der Waals surface area (Å²) < 4.78 is 10.5. The van der Waals surface area contributed by atoms with Gasteiger partial charge >= 0.3 is 5.97 Å². The van der Waals surface area contributed by atoms with Crippen LogP contribution in [0.25, 0.3) is 11.3 Å². The summed E-state index contributed by atoms with van der Waals surface area (Å²) in [5.74, 6) is -0.417. The number of hydrogen-bond acceptors (Lipinski definition) is 4. The molecule has 0 saturated carbocycles. The van der Waals surface area contributed by atoms with Crippen LogP contribution < -0.4 is 4.74 Å². The number of nitrogens with zero attached hydrogens (tertiary/aromatic N) is 1. The Morgan fingerprint density at radius 1 is 1.55 bits per heavy atom. The zero-order valence-electron chi connectivity index (χ0n) is 10.7. The van der Waals surface area contributed by atoms with Gasteiger partial charge in [-0.05, 0) is 24.6 Å². The van der Waals surface area contributed by atoms with E-state index in [4.69, 9.17) is 26.0 Å². The van der Waals surface area contributed by atoms with E-state index in [0.29, 0.717) is 22.9 Å². The molecular formula is C14H12ClNO4. The van der Waals surface area contributed by atoms with Gasteiger partial charge in [0, 0.05) is 11.6 Å². The first-order valence-corrected chi connectivity index (χ1v) is 6.13. The van der Waals surface area contributed by atoms with Crippen molar-refractivity contribution in [2.45, 2.75) is 6.92 Å². The van der Waals surface area contributed by atoms with Crippen molar-refractivity contribution in [3.63, 3.8) is 0 Å². The van der Waals surface area contributed by atoms with Gasteiger partial charge in [0.25, 0.3) is 0 Å². The summed E-state index contributed by atoms with van der Waals surface area (Å²) in [5.41, 5.74) is 1.20. The molecule has 1 aromatic heterocycles. The second-order valence-electron chi connectivity index (χ2n) is 4.25. The van der Waals surface area contributed by atoms with Gasteiger partial charge in [0.1, 0.15) is 12.4 Å². The first kappa shape index (κ1) is 14.1. The number of benzene rings is 1. The number of carboxylic acids is 1. The van der Waals surface area contributed by atoms with E-state index >= 15 is 0 Å². The molecule has 2 rings (SSSR count).